The van der Waals surface area contributed by atoms with Crippen molar-refractivity contribution in [3.63, 3.8) is 0 Å². The lowest BCUT2D eigenvalue weighted by Crippen LogP contribution is -2.51. The zero-order chi connectivity index (χ0) is 25.8. The molecule has 5 atom stereocenters. The fraction of sp³-hybridized carbons (Fsp3) is 1.00. The van der Waals surface area contributed by atoms with Crippen LogP contribution in [-0.2, 0) is 0 Å². The van der Waals surface area contributed by atoms with Crippen molar-refractivity contribution in [2.24, 2.45) is 39.9 Å². The van der Waals surface area contributed by atoms with Gasteiger partial charge in [0.25, 0.3) is 0 Å². The summed E-state index contributed by atoms with van der Waals surface area (Å²) < 4.78 is 0. The molecule has 1 saturated carbocycles. The van der Waals surface area contributed by atoms with Crippen LogP contribution < -0.4 is 0 Å². The highest BCUT2D eigenvalue weighted by molar-refractivity contribution is 5.07. The van der Waals surface area contributed by atoms with E-state index in [2.05, 4.69) is 69.2 Å². The first kappa shape index (κ1) is 32.0. The van der Waals surface area contributed by atoms with E-state index in [9.17, 15) is 0 Å². The van der Waals surface area contributed by atoms with E-state index in [-0.39, 0.29) is 0 Å². The number of rotatable bonds is 19. The predicted octanol–water partition coefficient (Wildman–Crippen LogP) is 12.3. The third-order valence-electron chi connectivity index (χ3n) is 11.8. The Labute approximate surface area is 218 Å². The SMILES string of the molecule is CCCCCCCCCCCC1CCC(CC(C)C(C)CCCC)C1(C)C(C)(C)C(C)(C)CC. The maximum atomic E-state index is 2.75. The normalized spacial score (nSPS) is 25.6. The molecule has 0 amide bonds. The van der Waals surface area contributed by atoms with E-state index in [0.29, 0.717) is 16.2 Å². The summed E-state index contributed by atoms with van der Waals surface area (Å²) in [6.45, 7) is 25.4. The minimum absolute atomic E-state index is 0.367. The van der Waals surface area contributed by atoms with Crippen LogP contribution in [0.4, 0.5) is 0 Å². The number of unbranched alkanes of at least 4 members (excludes halogenated alkanes) is 9. The summed E-state index contributed by atoms with van der Waals surface area (Å²) >= 11 is 0. The van der Waals surface area contributed by atoms with E-state index in [4.69, 9.17) is 0 Å². The monoisotopic (exact) mass is 477 g/mol. The van der Waals surface area contributed by atoms with Crippen LogP contribution in [0.15, 0.2) is 0 Å². The summed E-state index contributed by atoms with van der Waals surface area (Å²) in [6, 6.07) is 0. The molecule has 0 bridgehead atoms. The summed E-state index contributed by atoms with van der Waals surface area (Å²) in [6.07, 6.45) is 24.4. The van der Waals surface area contributed by atoms with Crippen LogP contribution in [0, 0.1) is 39.9 Å². The van der Waals surface area contributed by atoms with Gasteiger partial charge in [-0.05, 0) is 65.6 Å². The second-order valence-electron chi connectivity index (χ2n) is 14.1. The average Bonchev–Trinajstić information content (AvgIpc) is 3.12. The molecule has 1 aliphatic rings. The summed E-state index contributed by atoms with van der Waals surface area (Å²) in [7, 11) is 0. The molecule has 204 valence electrons. The van der Waals surface area contributed by atoms with Gasteiger partial charge in [-0.1, -0.05) is 153 Å². The lowest BCUT2D eigenvalue weighted by Gasteiger charge is -2.58. The van der Waals surface area contributed by atoms with Crippen molar-refractivity contribution >= 4 is 0 Å². The van der Waals surface area contributed by atoms with Gasteiger partial charge in [0.05, 0.1) is 0 Å². The van der Waals surface area contributed by atoms with E-state index in [1.165, 1.54) is 109 Å². The van der Waals surface area contributed by atoms with Crippen molar-refractivity contribution in [1.82, 2.24) is 0 Å². The molecular formula is C34H68. The summed E-state index contributed by atoms with van der Waals surface area (Å²) in [5.41, 5.74) is 1.22. The highest BCUT2D eigenvalue weighted by Gasteiger charge is 2.58. The Hall–Kier alpha value is 0. The molecule has 0 heterocycles. The third-order valence-corrected chi connectivity index (χ3v) is 11.8. The van der Waals surface area contributed by atoms with E-state index in [1.54, 1.807) is 0 Å². The lowest BCUT2D eigenvalue weighted by atomic mass is 9.47. The molecule has 0 spiro atoms. The van der Waals surface area contributed by atoms with E-state index >= 15 is 0 Å². The zero-order valence-electron chi connectivity index (χ0n) is 25.8. The molecule has 0 aromatic carbocycles. The highest BCUT2D eigenvalue weighted by atomic mass is 14.6. The van der Waals surface area contributed by atoms with Crippen LogP contribution in [-0.4, -0.2) is 0 Å². The standard InChI is InChI=1S/C34H68/c1-11-14-16-17-18-19-20-21-22-24-30-25-26-31(27-29(5)28(4)23-15-12-2)34(30,10)33(8,9)32(6,7)13-3/h28-31H,11-27H2,1-10H3. The molecule has 0 aromatic heterocycles. The molecule has 0 nitrogen and oxygen atoms in total. The van der Waals surface area contributed by atoms with E-state index < -0.39 is 0 Å². The Morgan fingerprint density at radius 2 is 1.18 bits per heavy atom. The van der Waals surface area contributed by atoms with Crippen LogP contribution in [0.3, 0.4) is 0 Å². The molecular weight excluding hydrogens is 408 g/mol. The van der Waals surface area contributed by atoms with Gasteiger partial charge in [0.15, 0.2) is 0 Å². The molecule has 0 aliphatic heterocycles. The first-order valence-electron chi connectivity index (χ1n) is 16.0. The van der Waals surface area contributed by atoms with Gasteiger partial charge in [0.1, 0.15) is 0 Å². The molecule has 34 heavy (non-hydrogen) atoms. The molecule has 1 fully saturated rings. The molecule has 0 aromatic rings. The molecule has 0 N–H and O–H groups in total. The van der Waals surface area contributed by atoms with Gasteiger partial charge in [-0.25, -0.2) is 0 Å². The van der Waals surface area contributed by atoms with Gasteiger partial charge in [0.2, 0.25) is 0 Å². The van der Waals surface area contributed by atoms with Crippen LogP contribution in [0.2, 0.25) is 0 Å². The number of hydrogen-bond donors (Lipinski definition) is 0. The second-order valence-corrected chi connectivity index (χ2v) is 14.1. The van der Waals surface area contributed by atoms with E-state index in [1.807, 2.05) is 0 Å². The molecule has 1 rings (SSSR count). The van der Waals surface area contributed by atoms with Gasteiger partial charge < -0.3 is 0 Å². The molecule has 0 radical (unpaired) electrons. The van der Waals surface area contributed by atoms with Crippen molar-refractivity contribution < 1.29 is 0 Å². The minimum atomic E-state index is 0.367. The Morgan fingerprint density at radius 1 is 0.676 bits per heavy atom. The summed E-state index contributed by atoms with van der Waals surface area (Å²) in [4.78, 5) is 0. The van der Waals surface area contributed by atoms with Crippen molar-refractivity contribution in [2.45, 2.75) is 178 Å². The molecule has 5 unspecified atom stereocenters. The van der Waals surface area contributed by atoms with Crippen LogP contribution in [0.1, 0.15) is 178 Å². The average molecular weight is 477 g/mol. The quantitative estimate of drug-likeness (QED) is 0.163. The van der Waals surface area contributed by atoms with Crippen LogP contribution in [0.5, 0.6) is 0 Å². The van der Waals surface area contributed by atoms with Crippen molar-refractivity contribution in [2.75, 3.05) is 0 Å². The maximum absolute atomic E-state index is 2.75. The van der Waals surface area contributed by atoms with E-state index in [0.717, 1.165) is 23.7 Å². The molecule has 0 heteroatoms. The van der Waals surface area contributed by atoms with Gasteiger partial charge in [0, 0.05) is 0 Å². The topological polar surface area (TPSA) is 0 Å². The van der Waals surface area contributed by atoms with Crippen molar-refractivity contribution in [3.8, 4) is 0 Å². The summed E-state index contributed by atoms with van der Waals surface area (Å²) in [5, 5.41) is 0. The number of hydrogen-bond acceptors (Lipinski definition) is 0. The largest absolute Gasteiger partial charge is 0.0654 e. The van der Waals surface area contributed by atoms with Gasteiger partial charge >= 0.3 is 0 Å². The van der Waals surface area contributed by atoms with Gasteiger partial charge in [-0.2, -0.15) is 0 Å². The Morgan fingerprint density at radius 3 is 1.71 bits per heavy atom. The maximum Gasteiger partial charge on any atom is -0.0213 e. The minimum Gasteiger partial charge on any atom is -0.0654 e. The lowest BCUT2D eigenvalue weighted by molar-refractivity contribution is -0.0938. The van der Waals surface area contributed by atoms with Crippen molar-refractivity contribution in [1.29, 1.82) is 0 Å². The van der Waals surface area contributed by atoms with Crippen molar-refractivity contribution in [3.05, 3.63) is 0 Å². The first-order valence-corrected chi connectivity index (χ1v) is 16.0. The van der Waals surface area contributed by atoms with Gasteiger partial charge in [-0.3, -0.25) is 0 Å². The predicted molar refractivity (Wildman–Crippen MR) is 156 cm³/mol. The fourth-order valence-corrected chi connectivity index (χ4v) is 7.53. The first-order chi connectivity index (χ1) is 16.0. The molecule has 0 saturated heterocycles. The second kappa shape index (κ2) is 15.3. The third kappa shape index (κ3) is 8.26. The van der Waals surface area contributed by atoms with Crippen LogP contribution >= 0.6 is 0 Å². The zero-order valence-corrected chi connectivity index (χ0v) is 25.8. The Bertz CT molecular complexity index is 514. The Balaban J connectivity index is 2.82. The van der Waals surface area contributed by atoms with Crippen LogP contribution in [0.25, 0.3) is 0 Å². The van der Waals surface area contributed by atoms with Gasteiger partial charge in [-0.15, -0.1) is 0 Å². The molecule has 1 aliphatic carbocycles. The highest BCUT2D eigenvalue weighted by Crippen LogP contribution is 2.66. The fourth-order valence-electron chi connectivity index (χ4n) is 7.53. The smallest absolute Gasteiger partial charge is 0.0213 e. The summed E-state index contributed by atoms with van der Waals surface area (Å²) in [5.74, 6) is 3.56. The Kier molecular flexibility index (Phi) is 14.4.